The van der Waals surface area contributed by atoms with E-state index in [1.165, 1.54) is 14.0 Å². The van der Waals surface area contributed by atoms with Gasteiger partial charge in [0.25, 0.3) is 5.56 Å². The molecule has 2 aromatic carbocycles. The number of nitrogens with zero attached hydrogens (tertiary/aromatic N) is 4. The first-order chi connectivity index (χ1) is 26.2. The summed E-state index contributed by atoms with van der Waals surface area (Å²) in [5.41, 5.74) is -2.62. The van der Waals surface area contributed by atoms with Gasteiger partial charge in [0.1, 0.15) is 16.9 Å². The zero-order valence-electron chi connectivity index (χ0n) is 30.0. The van der Waals surface area contributed by atoms with E-state index in [1.807, 2.05) is 19.9 Å². The molecule has 0 fully saturated rings. The Balaban J connectivity index is 0.000000265. The van der Waals surface area contributed by atoms with Crippen molar-refractivity contribution in [3.8, 4) is 11.5 Å². The quantitative estimate of drug-likeness (QED) is 0.0455. The number of rotatable bonds is 11. The Morgan fingerprint density at radius 2 is 1.71 bits per heavy atom. The Hall–Kier alpha value is -4.91. The second-order valence-electron chi connectivity index (χ2n) is 11.7. The minimum Gasteiger partial charge on any atom is -0.435 e. The van der Waals surface area contributed by atoms with Crippen molar-refractivity contribution in [3.05, 3.63) is 110 Å². The Kier molecular flexibility index (Phi) is 13.7. The van der Waals surface area contributed by atoms with Crippen molar-refractivity contribution in [1.82, 2.24) is 19.1 Å². The van der Waals surface area contributed by atoms with Crippen molar-refractivity contribution in [2.24, 2.45) is 7.05 Å². The molecule has 3 heterocycles. The molecule has 0 bridgehead atoms. The topological polar surface area (TPSA) is 134 Å². The molecule has 0 unspecified atom stereocenters. The van der Waals surface area contributed by atoms with E-state index in [0.717, 1.165) is 16.2 Å². The number of carbonyl (C=O) groups is 1. The highest BCUT2D eigenvalue weighted by Gasteiger charge is 2.37. The molecular weight excluding hydrogens is 815 g/mol. The van der Waals surface area contributed by atoms with Crippen LogP contribution in [0.2, 0.25) is 10.0 Å². The van der Waals surface area contributed by atoms with Crippen molar-refractivity contribution in [3.63, 3.8) is 0 Å². The van der Waals surface area contributed by atoms with Crippen LogP contribution in [-0.2, 0) is 45.3 Å². The van der Waals surface area contributed by atoms with E-state index in [0.29, 0.717) is 56.5 Å². The van der Waals surface area contributed by atoms with Gasteiger partial charge in [-0.1, -0.05) is 54.4 Å². The number of ether oxygens (including phenoxy) is 2. The maximum atomic E-state index is 13.5. The fourth-order valence-electron chi connectivity index (χ4n) is 5.17. The van der Waals surface area contributed by atoms with Gasteiger partial charge < -0.3 is 19.4 Å². The third-order valence-corrected chi connectivity index (χ3v) is 10.6. The normalized spacial score (nSPS) is 11.9. The average Bonchev–Trinajstić information content (AvgIpc) is 3.48. The van der Waals surface area contributed by atoms with Crippen LogP contribution in [0.3, 0.4) is 0 Å². The number of alkyl halides is 6. The number of sulfone groups is 1. The van der Waals surface area contributed by atoms with Gasteiger partial charge in [0.15, 0.2) is 22.5 Å². The Bertz CT molecular complexity index is 2450. The number of benzene rings is 2. The van der Waals surface area contributed by atoms with Crippen LogP contribution in [0, 0.1) is 6.92 Å². The van der Waals surface area contributed by atoms with Crippen LogP contribution in [0.5, 0.6) is 0 Å². The van der Waals surface area contributed by atoms with Crippen molar-refractivity contribution < 1.29 is 49.0 Å². The van der Waals surface area contributed by atoms with Gasteiger partial charge in [0, 0.05) is 26.4 Å². The maximum absolute atomic E-state index is 13.5. The zero-order valence-corrected chi connectivity index (χ0v) is 32.3. The molecule has 1 N–H and O–H groups in total. The number of esters is 1. The lowest BCUT2D eigenvalue weighted by Gasteiger charge is -2.15. The summed E-state index contributed by atoms with van der Waals surface area (Å²) in [4.78, 5) is 31.7. The molecule has 0 aliphatic carbocycles. The van der Waals surface area contributed by atoms with Crippen LogP contribution >= 0.6 is 23.2 Å². The molecule has 0 aliphatic rings. The van der Waals surface area contributed by atoms with Gasteiger partial charge in [0.05, 0.1) is 48.7 Å². The number of imidazole rings is 1. The number of hydrogen-bond donors (Lipinski definition) is 1. The van der Waals surface area contributed by atoms with Gasteiger partial charge in [-0.2, -0.15) is 26.3 Å². The molecule has 5 rings (SSSR count). The Labute approximate surface area is 326 Å². The minimum absolute atomic E-state index is 0.0877. The number of allylic oxidation sites excluding steroid dienone is 1. The highest BCUT2D eigenvalue weighted by molar-refractivity contribution is 7.91. The highest BCUT2D eigenvalue weighted by Crippen LogP contribution is 2.37. The molecule has 0 aliphatic heterocycles. The third kappa shape index (κ3) is 9.54. The molecule has 0 saturated carbocycles. The summed E-state index contributed by atoms with van der Waals surface area (Å²) < 4.78 is 117. The number of aromatic nitrogens is 4. The molecule has 0 radical (unpaired) electrons. The summed E-state index contributed by atoms with van der Waals surface area (Å²) in [5.74, 6) is -1.44. The van der Waals surface area contributed by atoms with Gasteiger partial charge in [0.2, 0.25) is 0 Å². The van der Waals surface area contributed by atoms with Gasteiger partial charge in [-0.3, -0.25) is 14.3 Å². The van der Waals surface area contributed by atoms with Crippen LogP contribution < -0.4 is 10.9 Å². The molecule has 0 atom stereocenters. The van der Waals surface area contributed by atoms with Gasteiger partial charge in [-0.25, -0.2) is 18.2 Å². The van der Waals surface area contributed by atoms with E-state index >= 15 is 0 Å². The number of halogens is 8. The SMILES string of the molecule is C=CCn1c(C(F)(F)F)cc2nc(-c3ncc(C(F)(F)F)cc3S(=O)(=O)CC)n(C)c2c1=O.CCOCOC(=O)c1ccccc1Nc1c(Cl)ccc(C)c1Cl. The fourth-order valence-corrected chi connectivity index (χ4v) is 6.69. The fraction of sp³-hybridized carbons (Fsp3) is 0.278. The van der Waals surface area contributed by atoms with Crippen LogP contribution in [0.1, 0.15) is 41.0 Å². The van der Waals surface area contributed by atoms with Crippen LogP contribution in [0.4, 0.5) is 37.7 Å². The number of pyridine rings is 2. The lowest BCUT2D eigenvalue weighted by Crippen LogP contribution is -2.28. The predicted octanol–water partition coefficient (Wildman–Crippen LogP) is 9.01. The third-order valence-electron chi connectivity index (χ3n) is 8.01. The lowest BCUT2D eigenvalue weighted by atomic mass is 10.1. The average molecular weight is 849 g/mol. The monoisotopic (exact) mass is 847 g/mol. The summed E-state index contributed by atoms with van der Waals surface area (Å²) in [6.07, 6.45) is -8.34. The van der Waals surface area contributed by atoms with E-state index in [-0.39, 0.29) is 18.1 Å². The summed E-state index contributed by atoms with van der Waals surface area (Å²) in [7, 11) is -3.04. The number of para-hydroxylation sites is 1. The van der Waals surface area contributed by atoms with E-state index in [1.54, 1.807) is 30.3 Å². The van der Waals surface area contributed by atoms with Crippen LogP contribution in [-0.4, -0.2) is 52.6 Å². The smallest absolute Gasteiger partial charge is 0.431 e. The molecule has 20 heteroatoms. The number of carbonyl (C=O) groups excluding carboxylic acids is 1. The number of fused-ring (bicyclic) bond motifs is 1. The lowest BCUT2D eigenvalue weighted by molar-refractivity contribution is -0.144. The molecule has 300 valence electrons. The highest BCUT2D eigenvalue weighted by atomic mass is 35.5. The molecule has 0 saturated heterocycles. The summed E-state index contributed by atoms with van der Waals surface area (Å²) >= 11 is 12.5. The summed E-state index contributed by atoms with van der Waals surface area (Å²) in [6, 6.07) is 11.5. The van der Waals surface area contributed by atoms with Crippen molar-refractivity contribution in [2.75, 3.05) is 24.5 Å². The maximum Gasteiger partial charge on any atom is 0.431 e. The molecule has 3 aromatic heterocycles. The molecule has 11 nitrogen and oxygen atoms in total. The minimum atomic E-state index is -4.92. The van der Waals surface area contributed by atoms with Crippen molar-refractivity contribution in [2.45, 2.75) is 44.6 Å². The standard InChI is InChI=1S/C19H16F6N4O3S.C17H17Cl2NO3/c1-4-6-29-13(19(23,24)25)8-11-15(17(29)30)28(3)16(27-11)14-12(33(31,32)5-2)7-10(9-26-14)18(20,21)22;1-3-22-10-23-17(21)12-6-4-5-7-14(12)20-16-13(18)9-8-11(2)15(16)19/h4,7-9H,1,5-6H2,2-3H3;4-9,20H,3,10H2,1-2H3. The Morgan fingerprint density at radius 1 is 1.04 bits per heavy atom. The molecular formula is C36H33Cl2F6N5O6S. The Morgan fingerprint density at radius 3 is 2.32 bits per heavy atom. The van der Waals surface area contributed by atoms with E-state index in [2.05, 4.69) is 21.9 Å². The van der Waals surface area contributed by atoms with Crippen LogP contribution in [0.25, 0.3) is 22.6 Å². The van der Waals surface area contributed by atoms with Crippen molar-refractivity contribution in [1.29, 1.82) is 0 Å². The van der Waals surface area contributed by atoms with Gasteiger partial charge >= 0.3 is 18.3 Å². The summed E-state index contributed by atoms with van der Waals surface area (Å²) in [6.45, 7) is 8.16. The number of anilines is 2. The van der Waals surface area contributed by atoms with Crippen LogP contribution in [0.15, 0.2) is 77.1 Å². The number of hydrogen-bond acceptors (Lipinski definition) is 9. The van der Waals surface area contributed by atoms with Gasteiger partial charge in [-0.05, 0) is 49.7 Å². The number of nitrogens with one attached hydrogen (secondary N) is 1. The molecule has 5 aromatic rings. The first-order valence-corrected chi connectivity index (χ1v) is 18.7. The first kappa shape index (κ1) is 43.8. The largest absolute Gasteiger partial charge is 0.435 e. The molecule has 0 spiro atoms. The summed E-state index contributed by atoms with van der Waals surface area (Å²) in [5, 5.41) is 4.10. The molecule has 0 amide bonds. The number of aryl methyl sites for hydroxylation is 2. The van der Waals surface area contributed by atoms with Gasteiger partial charge in [-0.15, -0.1) is 6.58 Å². The zero-order chi connectivity index (χ0) is 41.7. The second kappa shape index (κ2) is 17.5. The predicted molar refractivity (Wildman–Crippen MR) is 199 cm³/mol. The van der Waals surface area contributed by atoms with E-state index in [9.17, 15) is 44.3 Å². The van der Waals surface area contributed by atoms with E-state index in [4.69, 9.17) is 32.7 Å². The van der Waals surface area contributed by atoms with Crippen molar-refractivity contribution >= 4 is 61.4 Å². The first-order valence-electron chi connectivity index (χ1n) is 16.3. The second-order valence-corrected chi connectivity index (χ2v) is 14.7. The molecule has 56 heavy (non-hydrogen) atoms. The van der Waals surface area contributed by atoms with E-state index < -0.39 is 73.4 Å².